The van der Waals surface area contributed by atoms with Gasteiger partial charge in [0.2, 0.25) is 0 Å². The van der Waals surface area contributed by atoms with Gasteiger partial charge in [0.1, 0.15) is 5.82 Å². The zero-order chi connectivity index (χ0) is 15.2. The Morgan fingerprint density at radius 3 is 2.67 bits per heavy atom. The van der Waals surface area contributed by atoms with E-state index in [9.17, 15) is 9.18 Å². The third-order valence-corrected chi connectivity index (χ3v) is 3.35. The Labute approximate surface area is 123 Å². The second-order valence-electron chi connectivity index (χ2n) is 4.80. The van der Waals surface area contributed by atoms with Gasteiger partial charge in [-0.2, -0.15) is 0 Å². The number of ether oxygens (including phenoxy) is 1. The van der Waals surface area contributed by atoms with Crippen molar-refractivity contribution in [1.82, 2.24) is 5.32 Å². The molecule has 2 aromatic carbocycles. The topological polar surface area (TPSA) is 38.3 Å². The van der Waals surface area contributed by atoms with Crippen molar-refractivity contribution in [2.24, 2.45) is 0 Å². The van der Waals surface area contributed by atoms with Crippen molar-refractivity contribution in [3.63, 3.8) is 0 Å². The van der Waals surface area contributed by atoms with Crippen molar-refractivity contribution < 1.29 is 13.9 Å². The molecule has 0 aromatic heterocycles. The molecule has 0 fully saturated rings. The molecule has 3 nitrogen and oxygen atoms in total. The highest BCUT2D eigenvalue weighted by atomic mass is 19.1. The van der Waals surface area contributed by atoms with Crippen LogP contribution in [0.4, 0.5) is 4.39 Å². The summed E-state index contributed by atoms with van der Waals surface area (Å²) in [7, 11) is 1.60. The maximum Gasteiger partial charge on any atom is 0.251 e. The lowest BCUT2D eigenvalue weighted by atomic mass is 10.0. The number of carbonyl (C=O) groups is 1. The first-order chi connectivity index (χ1) is 10.1. The van der Waals surface area contributed by atoms with E-state index in [2.05, 4.69) is 5.32 Å². The summed E-state index contributed by atoms with van der Waals surface area (Å²) < 4.78 is 18.5. The molecule has 2 aromatic rings. The highest BCUT2D eigenvalue weighted by molar-refractivity contribution is 5.94. The lowest BCUT2D eigenvalue weighted by Crippen LogP contribution is -2.29. The van der Waals surface area contributed by atoms with Crippen LogP contribution in [0.5, 0.6) is 0 Å². The molecular weight excluding hydrogens is 269 g/mol. The molecule has 0 heterocycles. The summed E-state index contributed by atoms with van der Waals surface area (Å²) >= 11 is 0. The Hall–Kier alpha value is -2.20. The zero-order valence-corrected chi connectivity index (χ0v) is 12.1. The molecule has 0 saturated carbocycles. The summed E-state index contributed by atoms with van der Waals surface area (Å²) in [6.07, 6.45) is -0.233. The number of aryl methyl sites for hydroxylation is 1. The van der Waals surface area contributed by atoms with E-state index >= 15 is 0 Å². The minimum atomic E-state index is -0.426. The van der Waals surface area contributed by atoms with E-state index in [1.54, 1.807) is 13.2 Å². The van der Waals surface area contributed by atoms with E-state index in [-0.39, 0.29) is 12.0 Å². The summed E-state index contributed by atoms with van der Waals surface area (Å²) in [6, 6.07) is 13.5. The molecule has 110 valence electrons. The van der Waals surface area contributed by atoms with Crippen LogP contribution in [0.25, 0.3) is 0 Å². The van der Waals surface area contributed by atoms with E-state index in [0.717, 1.165) is 11.1 Å². The predicted molar refractivity (Wildman–Crippen MR) is 79.7 cm³/mol. The molecule has 0 aliphatic rings. The van der Waals surface area contributed by atoms with Gasteiger partial charge in [0.15, 0.2) is 0 Å². The fourth-order valence-corrected chi connectivity index (χ4v) is 2.19. The largest absolute Gasteiger partial charge is 0.375 e. The second kappa shape index (κ2) is 6.99. The lowest BCUT2D eigenvalue weighted by Gasteiger charge is -2.18. The van der Waals surface area contributed by atoms with E-state index in [1.165, 1.54) is 18.2 Å². The Kier molecular flexibility index (Phi) is 5.06. The first-order valence-electron chi connectivity index (χ1n) is 6.74. The van der Waals surface area contributed by atoms with Crippen molar-refractivity contribution in [3.8, 4) is 0 Å². The minimum absolute atomic E-state index is 0.233. The van der Waals surface area contributed by atoms with Crippen LogP contribution in [0, 0.1) is 12.7 Å². The van der Waals surface area contributed by atoms with Crippen molar-refractivity contribution in [3.05, 3.63) is 71.0 Å². The number of methoxy groups -OCH3 is 1. The third kappa shape index (κ3) is 3.89. The average molecular weight is 287 g/mol. The molecular formula is C17H18FNO2. The number of halogens is 1. The quantitative estimate of drug-likeness (QED) is 0.916. The van der Waals surface area contributed by atoms with Crippen LogP contribution in [0.3, 0.4) is 0 Å². The third-order valence-electron chi connectivity index (χ3n) is 3.35. The van der Waals surface area contributed by atoms with Crippen molar-refractivity contribution in [2.75, 3.05) is 13.7 Å². The SMILES string of the molecule is COC(CNC(=O)c1cccc(F)c1)c1ccccc1C. The van der Waals surface area contributed by atoms with Gasteiger partial charge in [0, 0.05) is 19.2 Å². The molecule has 0 aliphatic heterocycles. The molecule has 1 amide bonds. The van der Waals surface area contributed by atoms with E-state index < -0.39 is 5.82 Å². The first-order valence-corrected chi connectivity index (χ1v) is 6.74. The van der Waals surface area contributed by atoms with E-state index in [4.69, 9.17) is 4.74 Å². The van der Waals surface area contributed by atoms with Crippen LogP contribution < -0.4 is 5.32 Å². The highest BCUT2D eigenvalue weighted by Gasteiger charge is 2.14. The monoisotopic (exact) mass is 287 g/mol. The lowest BCUT2D eigenvalue weighted by molar-refractivity contribution is 0.0825. The van der Waals surface area contributed by atoms with Crippen LogP contribution in [-0.4, -0.2) is 19.6 Å². The van der Waals surface area contributed by atoms with Crippen LogP contribution in [0.2, 0.25) is 0 Å². The standard InChI is InChI=1S/C17H18FNO2/c1-12-6-3-4-9-15(12)16(21-2)11-19-17(20)13-7-5-8-14(18)10-13/h3-10,16H,11H2,1-2H3,(H,19,20). The number of carbonyl (C=O) groups excluding carboxylic acids is 1. The Morgan fingerprint density at radius 2 is 2.00 bits per heavy atom. The van der Waals surface area contributed by atoms with Crippen molar-refractivity contribution in [1.29, 1.82) is 0 Å². The normalized spacial score (nSPS) is 12.0. The number of hydrogen-bond donors (Lipinski definition) is 1. The summed E-state index contributed by atoms with van der Waals surface area (Å²) in [5.41, 5.74) is 2.43. The van der Waals surface area contributed by atoms with Crippen molar-refractivity contribution in [2.45, 2.75) is 13.0 Å². The molecule has 0 aliphatic carbocycles. The maximum atomic E-state index is 13.1. The molecule has 2 rings (SSSR count). The van der Waals surface area contributed by atoms with E-state index in [1.807, 2.05) is 31.2 Å². The van der Waals surface area contributed by atoms with Gasteiger partial charge in [-0.1, -0.05) is 30.3 Å². The van der Waals surface area contributed by atoms with Crippen LogP contribution in [-0.2, 0) is 4.74 Å². The molecule has 4 heteroatoms. The molecule has 0 bridgehead atoms. The molecule has 1 unspecified atom stereocenters. The number of nitrogens with one attached hydrogen (secondary N) is 1. The molecule has 1 atom stereocenters. The Bertz CT molecular complexity index is 628. The second-order valence-corrected chi connectivity index (χ2v) is 4.80. The maximum absolute atomic E-state index is 13.1. The van der Waals surface area contributed by atoms with Gasteiger partial charge in [-0.05, 0) is 36.2 Å². The Morgan fingerprint density at radius 1 is 1.24 bits per heavy atom. The number of amides is 1. The zero-order valence-electron chi connectivity index (χ0n) is 12.1. The van der Waals surface area contributed by atoms with E-state index in [0.29, 0.717) is 12.1 Å². The van der Waals surface area contributed by atoms with Gasteiger partial charge >= 0.3 is 0 Å². The molecule has 0 saturated heterocycles. The van der Waals surface area contributed by atoms with Crippen LogP contribution >= 0.6 is 0 Å². The molecule has 1 N–H and O–H groups in total. The number of benzene rings is 2. The van der Waals surface area contributed by atoms with Crippen LogP contribution in [0.1, 0.15) is 27.6 Å². The summed E-state index contributed by atoms with van der Waals surface area (Å²) in [6.45, 7) is 2.33. The van der Waals surface area contributed by atoms with Gasteiger partial charge < -0.3 is 10.1 Å². The summed E-state index contributed by atoms with van der Waals surface area (Å²) in [4.78, 5) is 12.0. The van der Waals surface area contributed by atoms with Gasteiger partial charge in [-0.3, -0.25) is 4.79 Å². The van der Waals surface area contributed by atoms with Gasteiger partial charge in [-0.15, -0.1) is 0 Å². The van der Waals surface area contributed by atoms with Gasteiger partial charge in [0.25, 0.3) is 5.91 Å². The first kappa shape index (κ1) is 15.2. The summed E-state index contributed by atoms with van der Waals surface area (Å²) in [5, 5.41) is 2.77. The number of rotatable bonds is 5. The number of hydrogen-bond acceptors (Lipinski definition) is 2. The fourth-order valence-electron chi connectivity index (χ4n) is 2.19. The van der Waals surface area contributed by atoms with Gasteiger partial charge in [-0.25, -0.2) is 4.39 Å². The van der Waals surface area contributed by atoms with Crippen molar-refractivity contribution >= 4 is 5.91 Å². The highest BCUT2D eigenvalue weighted by Crippen LogP contribution is 2.19. The van der Waals surface area contributed by atoms with Crippen LogP contribution in [0.15, 0.2) is 48.5 Å². The Balaban J connectivity index is 2.04. The summed E-state index contributed by atoms with van der Waals surface area (Å²) in [5.74, 6) is -0.741. The van der Waals surface area contributed by atoms with Gasteiger partial charge in [0.05, 0.1) is 6.10 Å². The molecule has 0 spiro atoms. The minimum Gasteiger partial charge on any atom is -0.375 e. The fraction of sp³-hybridized carbons (Fsp3) is 0.235. The average Bonchev–Trinajstić information content (AvgIpc) is 2.49. The predicted octanol–water partition coefficient (Wildman–Crippen LogP) is 3.25. The molecule has 0 radical (unpaired) electrons. The smallest absolute Gasteiger partial charge is 0.251 e. The molecule has 21 heavy (non-hydrogen) atoms.